The van der Waals surface area contributed by atoms with Crippen molar-refractivity contribution >= 4 is 5.84 Å². The number of nitrogens with one attached hydrogen (secondary N) is 1. The first-order chi connectivity index (χ1) is 10.1. The molecule has 0 bridgehead atoms. The number of likely N-dealkylation sites (tertiary alicyclic amines) is 1. The van der Waals surface area contributed by atoms with Crippen molar-refractivity contribution in [3.05, 3.63) is 24.0 Å². The van der Waals surface area contributed by atoms with Gasteiger partial charge in [-0.25, -0.2) is 4.99 Å². The van der Waals surface area contributed by atoms with Gasteiger partial charge in [0.15, 0.2) is 0 Å². The molecule has 1 heterocycles. The summed E-state index contributed by atoms with van der Waals surface area (Å²) in [5.74, 6) is 2.00. The Labute approximate surface area is 129 Å². The Morgan fingerprint density at radius 3 is 2.38 bits per heavy atom. The minimum atomic E-state index is 0.400. The molecule has 1 N–H and O–H groups in total. The number of rotatable bonds is 5. The molecule has 0 spiro atoms. The number of piperidine rings is 1. The van der Waals surface area contributed by atoms with Gasteiger partial charge in [0, 0.05) is 26.2 Å². The van der Waals surface area contributed by atoms with Crippen molar-refractivity contribution in [3.63, 3.8) is 0 Å². The molecule has 2 rings (SSSR count). The van der Waals surface area contributed by atoms with Crippen LogP contribution in [-0.4, -0.2) is 43.1 Å². The highest BCUT2D eigenvalue weighted by atomic mass is 16.5. The first-order valence-corrected chi connectivity index (χ1v) is 8.09. The van der Waals surface area contributed by atoms with Gasteiger partial charge >= 0.3 is 0 Å². The fourth-order valence-corrected chi connectivity index (χ4v) is 2.75. The van der Waals surface area contributed by atoms with Crippen LogP contribution in [0.15, 0.2) is 29.0 Å². The average Bonchev–Trinajstić information content (AvgIpc) is 2.45. The monoisotopic (exact) mass is 291 g/mol. The summed E-state index contributed by atoms with van der Waals surface area (Å²) in [6, 6.07) is 0.581. The van der Waals surface area contributed by atoms with Gasteiger partial charge in [-0.15, -0.1) is 0 Å². The fourth-order valence-electron chi connectivity index (χ4n) is 2.75. The molecule has 1 aliphatic carbocycles. The average molecular weight is 291 g/mol. The van der Waals surface area contributed by atoms with E-state index in [1.807, 2.05) is 6.92 Å². The summed E-state index contributed by atoms with van der Waals surface area (Å²) < 4.78 is 5.44. The molecule has 1 saturated heterocycles. The van der Waals surface area contributed by atoms with Crippen molar-refractivity contribution in [2.45, 2.75) is 58.1 Å². The number of aliphatic imine (C=N–C) groups is 1. The van der Waals surface area contributed by atoms with E-state index in [4.69, 9.17) is 9.73 Å². The Hall–Kier alpha value is -1.29. The molecule has 4 heteroatoms. The van der Waals surface area contributed by atoms with Crippen molar-refractivity contribution < 1.29 is 4.74 Å². The van der Waals surface area contributed by atoms with Crippen LogP contribution in [0.25, 0.3) is 0 Å². The highest BCUT2D eigenvalue weighted by Gasteiger charge is 2.22. The Kier molecular flexibility index (Phi) is 5.85. The van der Waals surface area contributed by atoms with E-state index in [0.717, 1.165) is 43.2 Å². The lowest BCUT2D eigenvalue weighted by atomic mass is 9.93. The van der Waals surface area contributed by atoms with Crippen molar-refractivity contribution in [1.82, 2.24) is 10.2 Å². The third-order valence-corrected chi connectivity index (χ3v) is 4.43. The van der Waals surface area contributed by atoms with Crippen LogP contribution in [0.2, 0.25) is 0 Å². The number of hydrogen-bond donors (Lipinski definition) is 1. The molecule has 0 amide bonds. The Balaban J connectivity index is 2.01. The van der Waals surface area contributed by atoms with E-state index in [-0.39, 0.29) is 0 Å². The molecule has 2 aliphatic rings. The Bertz CT molecular complexity index is 416. The number of methoxy groups -OCH3 is 1. The molecule has 0 radical (unpaired) electrons. The lowest BCUT2D eigenvalue weighted by molar-refractivity contribution is 0.0500. The summed E-state index contributed by atoms with van der Waals surface area (Å²) in [6.45, 7) is 10.2. The van der Waals surface area contributed by atoms with E-state index in [0.29, 0.717) is 12.1 Å². The van der Waals surface area contributed by atoms with Crippen LogP contribution in [0.4, 0.5) is 0 Å². The maximum absolute atomic E-state index is 5.44. The van der Waals surface area contributed by atoms with E-state index in [2.05, 4.69) is 29.8 Å². The van der Waals surface area contributed by atoms with Crippen LogP contribution in [0.1, 0.15) is 46.0 Å². The van der Waals surface area contributed by atoms with E-state index in [9.17, 15) is 0 Å². The van der Waals surface area contributed by atoms with Gasteiger partial charge in [0.2, 0.25) is 0 Å². The lowest BCUT2D eigenvalue weighted by Crippen LogP contribution is -2.41. The minimum absolute atomic E-state index is 0.400. The normalized spacial score (nSPS) is 22.1. The zero-order valence-electron chi connectivity index (χ0n) is 13.7. The summed E-state index contributed by atoms with van der Waals surface area (Å²) in [4.78, 5) is 7.19. The van der Waals surface area contributed by atoms with E-state index in [1.54, 1.807) is 7.11 Å². The largest absolute Gasteiger partial charge is 0.381 e. The van der Waals surface area contributed by atoms with Gasteiger partial charge in [0.05, 0.1) is 6.10 Å². The maximum atomic E-state index is 5.44. The van der Waals surface area contributed by atoms with Gasteiger partial charge in [-0.05, 0) is 57.6 Å². The van der Waals surface area contributed by atoms with Crippen LogP contribution in [-0.2, 0) is 4.74 Å². The number of amidine groups is 1. The lowest BCUT2D eigenvalue weighted by Gasteiger charge is -2.34. The molecule has 0 aromatic heterocycles. The molecule has 1 aliphatic heterocycles. The highest BCUT2D eigenvalue weighted by Crippen LogP contribution is 2.21. The van der Waals surface area contributed by atoms with Gasteiger partial charge in [-0.2, -0.15) is 0 Å². The van der Waals surface area contributed by atoms with Crippen LogP contribution in [0.5, 0.6) is 0 Å². The van der Waals surface area contributed by atoms with Gasteiger partial charge in [-0.1, -0.05) is 6.58 Å². The topological polar surface area (TPSA) is 36.9 Å². The third-order valence-electron chi connectivity index (χ3n) is 4.43. The number of nitrogens with zero attached hydrogens (tertiary/aromatic N) is 2. The summed E-state index contributed by atoms with van der Waals surface area (Å²) >= 11 is 0. The van der Waals surface area contributed by atoms with E-state index >= 15 is 0 Å². The second-order valence-electron chi connectivity index (χ2n) is 6.08. The highest BCUT2D eigenvalue weighted by molar-refractivity contribution is 5.98. The Morgan fingerprint density at radius 1 is 1.29 bits per heavy atom. The van der Waals surface area contributed by atoms with Crippen molar-refractivity contribution in [3.8, 4) is 0 Å². The summed E-state index contributed by atoms with van der Waals surface area (Å²) in [6.07, 6.45) is 8.45. The van der Waals surface area contributed by atoms with Crippen LogP contribution in [0.3, 0.4) is 0 Å². The molecule has 0 aromatic rings. The molecule has 0 aromatic carbocycles. The SMILES string of the molecule is C=C(C)/C(=N\C(=C/C)N1CCC(OC)CC1)NC1CCC1. The van der Waals surface area contributed by atoms with Gasteiger partial charge < -0.3 is 15.0 Å². The summed E-state index contributed by atoms with van der Waals surface area (Å²) in [5, 5.41) is 3.53. The van der Waals surface area contributed by atoms with Crippen molar-refractivity contribution in [2.75, 3.05) is 20.2 Å². The van der Waals surface area contributed by atoms with Crippen LogP contribution < -0.4 is 5.32 Å². The first-order valence-electron chi connectivity index (χ1n) is 8.09. The Morgan fingerprint density at radius 2 is 1.95 bits per heavy atom. The molecule has 2 fully saturated rings. The third kappa shape index (κ3) is 4.34. The molecule has 1 saturated carbocycles. The minimum Gasteiger partial charge on any atom is -0.381 e. The van der Waals surface area contributed by atoms with Gasteiger partial charge in [-0.3, -0.25) is 0 Å². The molecule has 118 valence electrons. The van der Waals surface area contributed by atoms with Crippen LogP contribution in [0, 0.1) is 0 Å². The van der Waals surface area contributed by atoms with Gasteiger partial charge in [0.1, 0.15) is 11.7 Å². The quantitative estimate of drug-likeness (QED) is 0.625. The predicted molar refractivity (Wildman–Crippen MR) is 88.4 cm³/mol. The molecule has 21 heavy (non-hydrogen) atoms. The predicted octanol–water partition coefficient (Wildman–Crippen LogP) is 3.08. The molecule has 0 unspecified atom stereocenters. The molecular formula is C17H29N3O. The summed E-state index contributed by atoms with van der Waals surface area (Å²) in [5.41, 5.74) is 1.01. The summed E-state index contributed by atoms with van der Waals surface area (Å²) in [7, 11) is 1.80. The zero-order valence-corrected chi connectivity index (χ0v) is 13.7. The molecular weight excluding hydrogens is 262 g/mol. The van der Waals surface area contributed by atoms with E-state index < -0.39 is 0 Å². The second kappa shape index (κ2) is 7.64. The van der Waals surface area contributed by atoms with Crippen molar-refractivity contribution in [2.24, 2.45) is 4.99 Å². The number of ether oxygens (including phenoxy) is 1. The standard InChI is InChI=1S/C17H29N3O/c1-5-16(20-11-9-15(21-4)10-12-20)19-17(13(2)3)18-14-7-6-8-14/h5,14-15H,2,6-12H2,1,3-4H3,(H,18,19)/b16-5+. The fraction of sp³-hybridized carbons (Fsp3) is 0.706. The zero-order chi connectivity index (χ0) is 15.2. The number of hydrogen-bond acceptors (Lipinski definition) is 3. The smallest absolute Gasteiger partial charge is 0.130 e. The van der Waals surface area contributed by atoms with E-state index in [1.165, 1.54) is 19.3 Å². The first kappa shape index (κ1) is 16.1. The van der Waals surface area contributed by atoms with Gasteiger partial charge in [0.25, 0.3) is 0 Å². The van der Waals surface area contributed by atoms with Crippen molar-refractivity contribution in [1.29, 1.82) is 0 Å². The number of allylic oxidation sites excluding steroid dienone is 1. The molecule has 0 atom stereocenters. The van der Waals surface area contributed by atoms with Crippen LogP contribution >= 0.6 is 0 Å². The molecule has 4 nitrogen and oxygen atoms in total. The second-order valence-corrected chi connectivity index (χ2v) is 6.08. The maximum Gasteiger partial charge on any atom is 0.130 e.